The summed E-state index contributed by atoms with van der Waals surface area (Å²) < 4.78 is 1.40. The van der Waals surface area contributed by atoms with Gasteiger partial charge < -0.3 is 5.11 Å². The number of benzene rings is 2. The van der Waals surface area contributed by atoms with Crippen LogP contribution < -0.4 is 4.90 Å². The highest BCUT2D eigenvalue weighted by molar-refractivity contribution is 9.10. The minimum absolute atomic E-state index is 0.138. The number of thiocarbonyl (C=S) groups is 1. The molecular formula is C16H10BrNO2S2. The number of hydrogen-bond donors (Lipinski definition) is 1. The van der Waals surface area contributed by atoms with E-state index in [9.17, 15) is 9.90 Å². The maximum absolute atomic E-state index is 12.6. The Morgan fingerprint density at radius 1 is 1.18 bits per heavy atom. The highest BCUT2D eigenvalue weighted by atomic mass is 79.9. The van der Waals surface area contributed by atoms with Crippen molar-refractivity contribution in [3.05, 3.63) is 63.5 Å². The van der Waals surface area contributed by atoms with Crippen LogP contribution >= 0.6 is 39.9 Å². The van der Waals surface area contributed by atoms with E-state index in [1.165, 1.54) is 16.7 Å². The van der Waals surface area contributed by atoms with Gasteiger partial charge in [-0.3, -0.25) is 9.69 Å². The van der Waals surface area contributed by atoms with Crippen molar-refractivity contribution in [2.24, 2.45) is 0 Å². The van der Waals surface area contributed by atoms with Crippen LogP contribution in [0.5, 0.6) is 5.75 Å². The quantitative estimate of drug-likeness (QED) is 0.601. The molecule has 0 unspecified atom stereocenters. The Kier molecular flexibility index (Phi) is 4.33. The van der Waals surface area contributed by atoms with Gasteiger partial charge in [0, 0.05) is 4.47 Å². The zero-order valence-electron chi connectivity index (χ0n) is 11.2. The largest absolute Gasteiger partial charge is 0.508 e. The molecule has 0 spiro atoms. The maximum atomic E-state index is 12.6. The zero-order valence-corrected chi connectivity index (χ0v) is 14.4. The van der Waals surface area contributed by atoms with Gasteiger partial charge in [-0.15, -0.1) is 0 Å². The van der Waals surface area contributed by atoms with Crippen molar-refractivity contribution >= 4 is 61.9 Å². The molecule has 1 fully saturated rings. The summed E-state index contributed by atoms with van der Waals surface area (Å²) in [4.78, 5) is 14.7. The molecule has 110 valence electrons. The van der Waals surface area contributed by atoms with E-state index in [1.807, 2.05) is 24.3 Å². The molecule has 0 aliphatic carbocycles. The second-order valence-electron chi connectivity index (χ2n) is 4.59. The van der Waals surface area contributed by atoms with Gasteiger partial charge in [-0.05, 0) is 42.0 Å². The van der Waals surface area contributed by atoms with E-state index in [0.717, 1.165) is 15.7 Å². The number of rotatable bonds is 2. The summed E-state index contributed by atoms with van der Waals surface area (Å²) in [6, 6.07) is 14.1. The Morgan fingerprint density at radius 2 is 1.91 bits per heavy atom. The first-order valence-electron chi connectivity index (χ1n) is 6.37. The van der Waals surface area contributed by atoms with Crippen LogP contribution in [0.4, 0.5) is 5.69 Å². The van der Waals surface area contributed by atoms with Crippen molar-refractivity contribution in [2.75, 3.05) is 4.90 Å². The second kappa shape index (κ2) is 6.24. The lowest BCUT2D eigenvalue weighted by molar-refractivity contribution is -0.113. The molecule has 1 N–H and O–H groups in total. The van der Waals surface area contributed by atoms with E-state index in [4.69, 9.17) is 12.2 Å². The molecule has 2 aromatic carbocycles. The molecule has 6 heteroatoms. The predicted octanol–water partition coefficient (Wildman–Crippen LogP) is 4.56. The molecule has 0 bridgehead atoms. The predicted molar refractivity (Wildman–Crippen MR) is 97.9 cm³/mol. The van der Waals surface area contributed by atoms with Gasteiger partial charge in [0.15, 0.2) is 4.32 Å². The number of hydrogen-bond acceptors (Lipinski definition) is 4. The van der Waals surface area contributed by atoms with Crippen LogP contribution in [0.2, 0.25) is 0 Å². The van der Waals surface area contributed by atoms with Crippen LogP contribution in [0.25, 0.3) is 6.08 Å². The molecule has 1 amide bonds. The third kappa shape index (κ3) is 3.09. The van der Waals surface area contributed by atoms with Gasteiger partial charge in [-0.1, -0.05) is 58.1 Å². The summed E-state index contributed by atoms with van der Waals surface area (Å²) in [5, 5.41) is 9.30. The van der Waals surface area contributed by atoms with Crippen LogP contribution in [-0.4, -0.2) is 15.3 Å². The summed E-state index contributed by atoms with van der Waals surface area (Å²) in [6.07, 6.45) is 1.77. The molecule has 3 nitrogen and oxygen atoms in total. The Hall–Kier alpha value is -1.63. The Bertz CT molecular complexity index is 787. The van der Waals surface area contributed by atoms with Gasteiger partial charge in [0.05, 0.1) is 10.6 Å². The molecule has 1 saturated heterocycles. The number of thioether (sulfide) groups is 1. The topological polar surface area (TPSA) is 40.5 Å². The minimum Gasteiger partial charge on any atom is -0.508 e. The van der Waals surface area contributed by atoms with Gasteiger partial charge >= 0.3 is 0 Å². The molecule has 0 atom stereocenters. The van der Waals surface area contributed by atoms with Crippen molar-refractivity contribution in [2.45, 2.75) is 0 Å². The lowest BCUT2D eigenvalue weighted by Crippen LogP contribution is -2.27. The lowest BCUT2D eigenvalue weighted by atomic mass is 10.2. The molecule has 1 aliphatic heterocycles. The van der Waals surface area contributed by atoms with Crippen molar-refractivity contribution in [3.63, 3.8) is 0 Å². The molecule has 3 rings (SSSR count). The first-order valence-corrected chi connectivity index (χ1v) is 8.39. The highest BCUT2D eigenvalue weighted by Gasteiger charge is 2.33. The summed E-state index contributed by atoms with van der Waals surface area (Å²) in [5.41, 5.74) is 1.58. The zero-order chi connectivity index (χ0) is 15.7. The van der Waals surface area contributed by atoms with Gasteiger partial charge in [-0.25, -0.2) is 0 Å². The van der Waals surface area contributed by atoms with Crippen molar-refractivity contribution in [1.29, 1.82) is 0 Å². The molecule has 0 saturated carbocycles. The first-order chi connectivity index (χ1) is 10.5. The minimum atomic E-state index is -0.138. The molecule has 1 heterocycles. The van der Waals surface area contributed by atoms with E-state index in [-0.39, 0.29) is 11.7 Å². The van der Waals surface area contributed by atoms with Crippen LogP contribution in [0, 0.1) is 0 Å². The average Bonchev–Trinajstić information content (AvgIpc) is 2.76. The number of nitrogens with zero attached hydrogens (tertiary/aromatic N) is 1. The molecular weight excluding hydrogens is 382 g/mol. The standard InChI is InChI=1S/C16H10BrNO2S2/c17-11-2-1-3-12(9-11)18-15(20)14(22-16(18)21)8-10-4-6-13(19)7-5-10/h1-9,19H/b14-8+. The van der Waals surface area contributed by atoms with Crippen molar-refractivity contribution in [1.82, 2.24) is 0 Å². The normalized spacial score (nSPS) is 16.6. The van der Waals surface area contributed by atoms with E-state index in [1.54, 1.807) is 30.3 Å². The van der Waals surface area contributed by atoms with Crippen molar-refractivity contribution in [3.8, 4) is 5.75 Å². The number of halogens is 1. The fourth-order valence-electron chi connectivity index (χ4n) is 2.03. The fourth-order valence-corrected chi connectivity index (χ4v) is 3.71. The molecule has 2 aromatic rings. The monoisotopic (exact) mass is 391 g/mol. The van der Waals surface area contributed by atoms with E-state index < -0.39 is 0 Å². The third-order valence-corrected chi connectivity index (χ3v) is 4.85. The highest BCUT2D eigenvalue weighted by Crippen LogP contribution is 2.36. The third-order valence-electron chi connectivity index (χ3n) is 3.05. The summed E-state index contributed by atoms with van der Waals surface area (Å²) in [7, 11) is 0. The number of aromatic hydroxyl groups is 1. The molecule has 22 heavy (non-hydrogen) atoms. The summed E-state index contributed by atoms with van der Waals surface area (Å²) in [5.74, 6) is 0.0556. The number of carbonyl (C=O) groups is 1. The van der Waals surface area contributed by atoms with E-state index in [2.05, 4.69) is 15.9 Å². The number of phenols is 1. The van der Waals surface area contributed by atoms with Crippen LogP contribution in [0.1, 0.15) is 5.56 Å². The summed E-state index contributed by atoms with van der Waals surface area (Å²) in [6.45, 7) is 0. The lowest BCUT2D eigenvalue weighted by Gasteiger charge is -2.14. The Balaban J connectivity index is 1.93. The first kappa shape index (κ1) is 15.3. The smallest absolute Gasteiger partial charge is 0.270 e. The van der Waals surface area contributed by atoms with Crippen LogP contribution in [0.15, 0.2) is 57.9 Å². The van der Waals surface area contributed by atoms with Gasteiger partial charge in [0.2, 0.25) is 0 Å². The molecule has 0 radical (unpaired) electrons. The summed E-state index contributed by atoms with van der Waals surface area (Å²) >= 11 is 10.00. The molecule has 1 aliphatic rings. The molecule has 0 aromatic heterocycles. The number of anilines is 1. The van der Waals surface area contributed by atoms with Crippen molar-refractivity contribution < 1.29 is 9.90 Å². The SMILES string of the molecule is O=C1/C(=C\c2ccc(O)cc2)SC(=S)N1c1cccc(Br)c1. The van der Waals surface area contributed by atoms with Gasteiger partial charge in [0.25, 0.3) is 5.91 Å². The van der Waals surface area contributed by atoms with Gasteiger partial charge in [0.1, 0.15) is 5.75 Å². The fraction of sp³-hybridized carbons (Fsp3) is 0. The van der Waals surface area contributed by atoms with E-state index in [0.29, 0.717) is 9.23 Å². The van der Waals surface area contributed by atoms with Gasteiger partial charge in [-0.2, -0.15) is 0 Å². The Labute approximate surface area is 145 Å². The number of phenolic OH excluding ortho intramolecular Hbond substituents is 1. The number of amides is 1. The van der Waals surface area contributed by atoms with E-state index >= 15 is 0 Å². The average molecular weight is 392 g/mol. The Morgan fingerprint density at radius 3 is 2.59 bits per heavy atom. The maximum Gasteiger partial charge on any atom is 0.270 e. The second-order valence-corrected chi connectivity index (χ2v) is 7.18. The number of carbonyl (C=O) groups excluding carboxylic acids is 1. The van der Waals surface area contributed by atoms with Crippen LogP contribution in [0.3, 0.4) is 0 Å². The van der Waals surface area contributed by atoms with Crippen LogP contribution in [-0.2, 0) is 4.79 Å².